The van der Waals surface area contributed by atoms with Gasteiger partial charge in [-0.3, -0.25) is 4.79 Å². The fraction of sp³-hybridized carbons (Fsp3) is 0.316. The summed E-state index contributed by atoms with van der Waals surface area (Å²) in [5.74, 6) is 1.31. The van der Waals surface area contributed by atoms with Gasteiger partial charge in [-0.1, -0.05) is 18.2 Å². The minimum atomic E-state index is -0.0158. The molecule has 1 amide bonds. The van der Waals surface area contributed by atoms with E-state index in [2.05, 4.69) is 0 Å². The topological polar surface area (TPSA) is 38.8 Å². The highest BCUT2D eigenvalue weighted by Gasteiger charge is 2.16. The second-order valence-electron chi connectivity index (χ2n) is 5.61. The van der Waals surface area contributed by atoms with E-state index in [9.17, 15) is 4.79 Å². The summed E-state index contributed by atoms with van der Waals surface area (Å²) in [6.45, 7) is 4.50. The van der Waals surface area contributed by atoms with Crippen LogP contribution in [0.4, 0.5) is 0 Å². The number of benzene rings is 2. The van der Waals surface area contributed by atoms with Crippen LogP contribution in [-0.2, 0) is 6.54 Å². The van der Waals surface area contributed by atoms with Crippen LogP contribution < -0.4 is 9.47 Å². The van der Waals surface area contributed by atoms with E-state index in [4.69, 9.17) is 9.47 Å². The Balaban J connectivity index is 2.23. The number of amides is 1. The van der Waals surface area contributed by atoms with Gasteiger partial charge in [-0.15, -0.1) is 0 Å². The van der Waals surface area contributed by atoms with Crippen LogP contribution in [-0.4, -0.2) is 32.1 Å². The number of aryl methyl sites for hydroxylation is 2. The number of hydrogen-bond donors (Lipinski definition) is 0. The summed E-state index contributed by atoms with van der Waals surface area (Å²) >= 11 is 0. The van der Waals surface area contributed by atoms with Crippen LogP contribution in [0.15, 0.2) is 36.4 Å². The molecule has 0 saturated carbocycles. The lowest BCUT2D eigenvalue weighted by Crippen LogP contribution is -2.26. The molecule has 0 heterocycles. The predicted octanol–water partition coefficient (Wildman–Crippen LogP) is 3.59. The van der Waals surface area contributed by atoms with E-state index in [1.165, 1.54) is 5.56 Å². The van der Waals surface area contributed by atoms with Gasteiger partial charge in [0.25, 0.3) is 5.91 Å². The lowest BCUT2D eigenvalue weighted by molar-refractivity contribution is 0.0784. The van der Waals surface area contributed by atoms with Gasteiger partial charge >= 0.3 is 0 Å². The summed E-state index contributed by atoms with van der Waals surface area (Å²) in [6.07, 6.45) is 0. The smallest absolute Gasteiger partial charge is 0.253 e. The van der Waals surface area contributed by atoms with Gasteiger partial charge in [0.1, 0.15) is 0 Å². The molecule has 23 heavy (non-hydrogen) atoms. The first kappa shape index (κ1) is 16.9. The Labute approximate surface area is 137 Å². The van der Waals surface area contributed by atoms with Gasteiger partial charge in [-0.25, -0.2) is 0 Å². The molecular weight excluding hydrogens is 290 g/mol. The van der Waals surface area contributed by atoms with Crippen molar-refractivity contribution < 1.29 is 14.3 Å². The lowest BCUT2D eigenvalue weighted by atomic mass is 10.1. The molecule has 4 heteroatoms. The highest BCUT2D eigenvalue weighted by Crippen LogP contribution is 2.31. The summed E-state index contributed by atoms with van der Waals surface area (Å²) in [7, 11) is 4.99. The van der Waals surface area contributed by atoms with Crippen molar-refractivity contribution in [3.8, 4) is 11.5 Å². The quantitative estimate of drug-likeness (QED) is 0.846. The molecule has 0 saturated heterocycles. The van der Waals surface area contributed by atoms with Crippen molar-refractivity contribution in [2.75, 3.05) is 21.3 Å². The average molecular weight is 313 g/mol. The van der Waals surface area contributed by atoms with Crippen molar-refractivity contribution in [3.05, 3.63) is 58.7 Å². The zero-order valence-corrected chi connectivity index (χ0v) is 14.3. The molecule has 4 nitrogen and oxygen atoms in total. The van der Waals surface area contributed by atoms with E-state index < -0.39 is 0 Å². The van der Waals surface area contributed by atoms with Crippen LogP contribution in [0, 0.1) is 13.8 Å². The first-order valence-corrected chi connectivity index (χ1v) is 7.50. The molecule has 0 radical (unpaired) electrons. The number of ether oxygens (including phenoxy) is 2. The molecule has 0 aliphatic carbocycles. The molecule has 2 aromatic rings. The minimum Gasteiger partial charge on any atom is -0.493 e. The maximum absolute atomic E-state index is 12.6. The molecule has 0 unspecified atom stereocenters. The second kappa shape index (κ2) is 7.18. The van der Waals surface area contributed by atoms with Gasteiger partial charge in [0.15, 0.2) is 11.5 Å². The maximum Gasteiger partial charge on any atom is 0.253 e. The van der Waals surface area contributed by atoms with E-state index in [0.29, 0.717) is 23.6 Å². The zero-order chi connectivity index (χ0) is 17.0. The number of carbonyl (C=O) groups excluding carboxylic acids is 1. The normalized spacial score (nSPS) is 10.3. The Morgan fingerprint density at radius 2 is 1.78 bits per heavy atom. The van der Waals surface area contributed by atoms with E-state index >= 15 is 0 Å². The highest BCUT2D eigenvalue weighted by atomic mass is 16.5. The van der Waals surface area contributed by atoms with Crippen molar-refractivity contribution in [2.45, 2.75) is 20.4 Å². The molecule has 2 rings (SSSR count). The molecule has 0 aliphatic rings. The Hall–Kier alpha value is -2.49. The molecule has 2 aromatic carbocycles. The van der Waals surface area contributed by atoms with Gasteiger partial charge in [0.2, 0.25) is 0 Å². The molecule has 0 aliphatic heterocycles. The second-order valence-corrected chi connectivity index (χ2v) is 5.61. The molecule has 0 atom stereocenters. The van der Waals surface area contributed by atoms with Gasteiger partial charge in [0, 0.05) is 24.7 Å². The molecule has 0 fully saturated rings. The Morgan fingerprint density at radius 3 is 2.39 bits per heavy atom. The van der Waals surface area contributed by atoms with Crippen LogP contribution in [0.25, 0.3) is 0 Å². The Bertz CT molecular complexity index is 710. The molecule has 0 N–H and O–H groups in total. The van der Waals surface area contributed by atoms with Gasteiger partial charge < -0.3 is 14.4 Å². The third kappa shape index (κ3) is 3.65. The fourth-order valence-corrected chi connectivity index (χ4v) is 2.50. The summed E-state index contributed by atoms with van der Waals surface area (Å²) in [6, 6.07) is 11.4. The van der Waals surface area contributed by atoms with Gasteiger partial charge in [-0.2, -0.15) is 0 Å². The number of para-hydroxylation sites is 1. The predicted molar refractivity (Wildman–Crippen MR) is 91.3 cm³/mol. The lowest BCUT2D eigenvalue weighted by Gasteiger charge is -2.20. The van der Waals surface area contributed by atoms with Crippen molar-refractivity contribution in [3.63, 3.8) is 0 Å². The van der Waals surface area contributed by atoms with Crippen molar-refractivity contribution in [2.24, 2.45) is 0 Å². The van der Waals surface area contributed by atoms with Crippen molar-refractivity contribution in [1.29, 1.82) is 0 Å². The number of carbonyl (C=O) groups is 1. The molecule has 0 spiro atoms. The number of nitrogens with zero attached hydrogens (tertiary/aromatic N) is 1. The highest BCUT2D eigenvalue weighted by molar-refractivity contribution is 5.94. The number of hydrogen-bond acceptors (Lipinski definition) is 3. The van der Waals surface area contributed by atoms with Crippen LogP contribution in [0.2, 0.25) is 0 Å². The first-order chi connectivity index (χ1) is 11.0. The average Bonchev–Trinajstić information content (AvgIpc) is 2.56. The zero-order valence-electron chi connectivity index (χ0n) is 14.3. The third-order valence-corrected chi connectivity index (χ3v) is 3.99. The summed E-state index contributed by atoms with van der Waals surface area (Å²) < 4.78 is 10.7. The minimum absolute atomic E-state index is 0.0158. The maximum atomic E-state index is 12.6. The SMILES string of the molecule is COc1cccc(CN(C)C(=O)c2ccc(C)c(C)c2)c1OC. The van der Waals surface area contributed by atoms with E-state index in [-0.39, 0.29) is 5.91 Å². The monoisotopic (exact) mass is 313 g/mol. The van der Waals surface area contributed by atoms with Crippen LogP contribution >= 0.6 is 0 Å². The molecule has 0 bridgehead atoms. The number of rotatable bonds is 5. The summed E-state index contributed by atoms with van der Waals surface area (Å²) in [5, 5.41) is 0. The first-order valence-electron chi connectivity index (χ1n) is 7.50. The van der Waals surface area contributed by atoms with E-state index in [1.54, 1.807) is 26.2 Å². The molecule has 0 aromatic heterocycles. The van der Waals surface area contributed by atoms with Crippen LogP contribution in [0.5, 0.6) is 11.5 Å². The Kier molecular flexibility index (Phi) is 5.27. The summed E-state index contributed by atoms with van der Waals surface area (Å²) in [5.41, 5.74) is 3.89. The Morgan fingerprint density at radius 1 is 1.04 bits per heavy atom. The molecule has 122 valence electrons. The van der Waals surface area contributed by atoms with Gasteiger partial charge in [-0.05, 0) is 43.2 Å². The van der Waals surface area contributed by atoms with Crippen LogP contribution in [0.1, 0.15) is 27.0 Å². The molecular formula is C19H23NO3. The third-order valence-electron chi connectivity index (χ3n) is 3.99. The summed E-state index contributed by atoms with van der Waals surface area (Å²) in [4.78, 5) is 14.3. The van der Waals surface area contributed by atoms with Crippen molar-refractivity contribution in [1.82, 2.24) is 4.90 Å². The van der Waals surface area contributed by atoms with E-state index in [0.717, 1.165) is 11.1 Å². The van der Waals surface area contributed by atoms with Gasteiger partial charge in [0.05, 0.1) is 14.2 Å². The number of methoxy groups -OCH3 is 2. The standard InChI is InChI=1S/C19H23NO3/c1-13-9-10-15(11-14(13)2)19(21)20(3)12-16-7-6-8-17(22-4)18(16)23-5/h6-11H,12H2,1-5H3. The largest absolute Gasteiger partial charge is 0.493 e. The van der Waals surface area contributed by atoms with E-state index in [1.807, 2.05) is 50.2 Å². The van der Waals surface area contributed by atoms with Crippen molar-refractivity contribution >= 4 is 5.91 Å². The van der Waals surface area contributed by atoms with Crippen LogP contribution in [0.3, 0.4) is 0 Å². The fourth-order valence-electron chi connectivity index (χ4n) is 2.50.